The van der Waals surface area contributed by atoms with Crippen molar-refractivity contribution in [1.82, 2.24) is 0 Å². The zero-order chi connectivity index (χ0) is 15.2. The summed E-state index contributed by atoms with van der Waals surface area (Å²) < 4.78 is 10.8. The zero-order valence-corrected chi connectivity index (χ0v) is 13.1. The average Bonchev–Trinajstić information content (AvgIpc) is 2.30. The second kappa shape index (κ2) is 7.17. The summed E-state index contributed by atoms with van der Waals surface area (Å²) in [6.45, 7) is 10.3. The second-order valence-corrected chi connectivity index (χ2v) is 5.81. The first kappa shape index (κ1) is 16.3. The lowest BCUT2D eigenvalue weighted by molar-refractivity contribution is 0.0636. The van der Waals surface area contributed by atoms with Crippen molar-refractivity contribution < 1.29 is 14.3 Å². The van der Waals surface area contributed by atoms with E-state index in [0.29, 0.717) is 0 Å². The van der Waals surface area contributed by atoms with Gasteiger partial charge in [0.2, 0.25) is 0 Å². The normalized spacial score (nSPS) is 11.1. The van der Waals surface area contributed by atoms with Crippen LogP contribution < -0.4 is 10.1 Å². The van der Waals surface area contributed by atoms with E-state index < -0.39 is 11.7 Å². The largest absolute Gasteiger partial charge is 0.494 e. The van der Waals surface area contributed by atoms with E-state index in [4.69, 9.17) is 9.47 Å². The Morgan fingerprint density at radius 2 is 2.00 bits per heavy atom. The highest BCUT2D eigenvalue weighted by molar-refractivity contribution is 5.86. The van der Waals surface area contributed by atoms with Crippen LogP contribution >= 0.6 is 0 Å². The van der Waals surface area contributed by atoms with Crippen molar-refractivity contribution in [3.63, 3.8) is 0 Å². The molecular weight excluding hydrogens is 254 g/mol. The molecule has 4 nitrogen and oxygen atoms in total. The molecule has 112 valence electrons. The number of aryl methyl sites for hydroxylation is 1. The highest BCUT2D eigenvalue weighted by Gasteiger charge is 2.16. The minimum atomic E-state index is -0.499. The molecule has 1 rings (SSSR count). The summed E-state index contributed by atoms with van der Waals surface area (Å²) in [6.07, 6.45) is 1.70. The van der Waals surface area contributed by atoms with Gasteiger partial charge in [0.25, 0.3) is 0 Å². The predicted octanol–water partition coefficient (Wildman–Crippen LogP) is 4.52. The molecule has 1 N–H and O–H groups in total. The molecule has 1 aromatic rings. The molecule has 0 unspecified atom stereocenters. The molecule has 20 heavy (non-hydrogen) atoms. The fourth-order valence-electron chi connectivity index (χ4n) is 1.61. The molecule has 0 atom stereocenters. The Bertz CT molecular complexity index is 450. The van der Waals surface area contributed by atoms with Gasteiger partial charge in [0.1, 0.15) is 11.4 Å². The fourth-order valence-corrected chi connectivity index (χ4v) is 1.61. The molecule has 0 bridgehead atoms. The van der Waals surface area contributed by atoms with Crippen LogP contribution in [0.3, 0.4) is 0 Å². The molecule has 0 saturated heterocycles. The number of unbranched alkanes of at least 4 members (excludes halogenated alkanes) is 1. The zero-order valence-electron chi connectivity index (χ0n) is 13.1. The number of ether oxygens (including phenoxy) is 2. The van der Waals surface area contributed by atoms with E-state index in [1.54, 1.807) is 0 Å². The monoisotopic (exact) mass is 279 g/mol. The lowest BCUT2D eigenvalue weighted by atomic mass is 10.2. The van der Waals surface area contributed by atoms with E-state index in [9.17, 15) is 4.79 Å². The molecule has 0 aliphatic carbocycles. The number of carbonyl (C=O) groups is 1. The molecule has 0 heterocycles. The van der Waals surface area contributed by atoms with E-state index in [0.717, 1.165) is 36.4 Å². The van der Waals surface area contributed by atoms with Gasteiger partial charge in [-0.05, 0) is 57.9 Å². The summed E-state index contributed by atoms with van der Waals surface area (Å²) in [5.41, 5.74) is 1.19. The van der Waals surface area contributed by atoms with Gasteiger partial charge in [-0.25, -0.2) is 4.79 Å². The summed E-state index contributed by atoms with van der Waals surface area (Å²) in [7, 11) is 0. The number of hydrogen-bond donors (Lipinski definition) is 1. The summed E-state index contributed by atoms with van der Waals surface area (Å²) in [5.74, 6) is 0.825. The lowest BCUT2D eigenvalue weighted by Crippen LogP contribution is -2.27. The van der Waals surface area contributed by atoms with Gasteiger partial charge >= 0.3 is 6.09 Å². The van der Waals surface area contributed by atoms with Crippen molar-refractivity contribution in [3.05, 3.63) is 23.8 Å². The lowest BCUT2D eigenvalue weighted by Gasteiger charge is -2.20. The third-order valence-corrected chi connectivity index (χ3v) is 2.60. The molecule has 4 heteroatoms. The standard InChI is InChI=1S/C16H25NO3/c1-6-7-10-19-13-8-9-14(12(2)11-13)17-15(18)20-16(3,4)5/h8-9,11H,6-7,10H2,1-5H3,(H,17,18). The molecule has 0 saturated carbocycles. The van der Waals surface area contributed by atoms with Gasteiger partial charge in [0, 0.05) is 5.69 Å². The van der Waals surface area contributed by atoms with Gasteiger partial charge in [-0.2, -0.15) is 0 Å². The molecule has 1 aromatic carbocycles. The fraction of sp³-hybridized carbons (Fsp3) is 0.562. The van der Waals surface area contributed by atoms with Gasteiger partial charge in [-0.15, -0.1) is 0 Å². The van der Waals surface area contributed by atoms with E-state index in [1.165, 1.54) is 0 Å². The van der Waals surface area contributed by atoms with Crippen molar-refractivity contribution in [2.45, 2.75) is 53.1 Å². The topological polar surface area (TPSA) is 47.6 Å². The van der Waals surface area contributed by atoms with Crippen LogP contribution in [0.15, 0.2) is 18.2 Å². The van der Waals surface area contributed by atoms with E-state index >= 15 is 0 Å². The molecule has 0 spiro atoms. The van der Waals surface area contributed by atoms with Crippen molar-refractivity contribution in [2.24, 2.45) is 0 Å². The number of hydrogen-bond acceptors (Lipinski definition) is 3. The van der Waals surface area contributed by atoms with Crippen LogP contribution in [0, 0.1) is 6.92 Å². The number of anilines is 1. The molecule has 0 aliphatic rings. The third kappa shape index (κ3) is 5.95. The van der Waals surface area contributed by atoms with Crippen LogP contribution in [0.1, 0.15) is 46.1 Å². The SMILES string of the molecule is CCCCOc1ccc(NC(=O)OC(C)(C)C)c(C)c1. The molecule has 0 aliphatic heterocycles. The van der Waals surface area contributed by atoms with E-state index in [-0.39, 0.29) is 0 Å². The van der Waals surface area contributed by atoms with Crippen molar-refractivity contribution in [2.75, 3.05) is 11.9 Å². The maximum Gasteiger partial charge on any atom is 0.412 e. The van der Waals surface area contributed by atoms with Gasteiger partial charge < -0.3 is 9.47 Å². The maximum absolute atomic E-state index is 11.7. The van der Waals surface area contributed by atoms with Crippen molar-refractivity contribution >= 4 is 11.8 Å². The number of rotatable bonds is 5. The van der Waals surface area contributed by atoms with Crippen LogP contribution in [-0.4, -0.2) is 18.3 Å². The van der Waals surface area contributed by atoms with Crippen molar-refractivity contribution in [1.29, 1.82) is 0 Å². The van der Waals surface area contributed by atoms with Crippen LogP contribution in [0.4, 0.5) is 10.5 Å². The Kier molecular flexibility index (Phi) is 5.86. The first-order valence-electron chi connectivity index (χ1n) is 7.05. The highest BCUT2D eigenvalue weighted by Crippen LogP contribution is 2.22. The first-order valence-corrected chi connectivity index (χ1v) is 7.05. The van der Waals surface area contributed by atoms with Crippen molar-refractivity contribution in [3.8, 4) is 5.75 Å². The number of nitrogens with one attached hydrogen (secondary N) is 1. The Hall–Kier alpha value is -1.71. The number of benzene rings is 1. The Morgan fingerprint density at radius 3 is 2.55 bits per heavy atom. The average molecular weight is 279 g/mol. The first-order chi connectivity index (χ1) is 9.31. The van der Waals surface area contributed by atoms with E-state index in [2.05, 4.69) is 12.2 Å². The van der Waals surface area contributed by atoms with Gasteiger partial charge in [-0.3, -0.25) is 5.32 Å². The molecule has 0 aromatic heterocycles. The maximum atomic E-state index is 11.7. The number of amides is 1. The molecule has 1 amide bonds. The number of carbonyl (C=O) groups excluding carboxylic acids is 1. The highest BCUT2D eigenvalue weighted by atomic mass is 16.6. The third-order valence-electron chi connectivity index (χ3n) is 2.60. The summed E-state index contributed by atoms with van der Waals surface area (Å²) in [4.78, 5) is 11.7. The van der Waals surface area contributed by atoms with E-state index in [1.807, 2.05) is 45.9 Å². The second-order valence-electron chi connectivity index (χ2n) is 5.81. The van der Waals surface area contributed by atoms with Crippen LogP contribution in [0.2, 0.25) is 0 Å². The van der Waals surface area contributed by atoms with Gasteiger partial charge in [0.05, 0.1) is 6.61 Å². The Labute approximate surface area is 121 Å². The quantitative estimate of drug-likeness (QED) is 0.806. The molecule has 0 radical (unpaired) electrons. The minimum Gasteiger partial charge on any atom is -0.494 e. The van der Waals surface area contributed by atoms with Gasteiger partial charge in [0.15, 0.2) is 0 Å². The minimum absolute atomic E-state index is 0.444. The van der Waals surface area contributed by atoms with Crippen LogP contribution in [0.5, 0.6) is 5.75 Å². The molecular formula is C16H25NO3. The summed E-state index contributed by atoms with van der Waals surface area (Å²) >= 11 is 0. The van der Waals surface area contributed by atoms with Crippen LogP contribution in [0.25, 0.3) is 0 Å². The predicted molar refractivity (Wildman–Crippen MR) is 81.4 cm³/mol. The smallest absolute Gasteiger partial charge is 0.412 e. The summed E-state index contributed by atoms with van der Waals surface area (Å²) in [5, 5.41) is 2.74. The molecule has 0 fully saturated rings. The van der Waals surface area contributed by atoms with Crippen LogP contribution in [-0.2, 0) is 4.74 Å². The Morgan fingerprint density at radius 1 is 1.30 bits per heavy atom. The summed E-state index contributed by atoms with van der Waals surface area (Å²) in [6, 6.07) is 5.61. The van der Waals surface area contributed by atoms with Gasteiger partial charge in [-0.1, -0.05) is 13.3 Å². The Balaban J connectivity index is 2.61.